The van der Waals surface area contributed by atoms with E-state index in [1.807, 2.05) is 66.2 Å². The number of para-hydroxylation sites is 2. The van der Waals surface area contributed by atoms with Crippen molar-refractivity contribution in [1.29, 1.82) is 0 Å². The van der Waals surface area contributed by atoms with Crippen LogP contribution in [-0.4, -0.2) is 21.4 Å². The summed E-state index contributed by atoms with van der Waals surface area (Å²) < 4.78 is 1.98. The number of amides is 2. The summed E-state index contributed by atoms with van der Waals surface area (Å²) >= 11 is 1.08. The van der Waals surface area contributed by atoms with Gasteiger partial charge in [-0.15, -0.1) is 11.3 Å². The average molecular weight is 390 g/mol. The highest BCUT2D eigenvalue weighted by Gasteiger charge is 2.24. The number of nitrogens with zero attached hydrogens (tertiary/aromatic N) is 2. The maximum atomic E-state index is 12.9. The number of fused-ring (bicyclic) bond motifs is 1. The molecule has 140 valence electrons. The minimum Gasteiger partial charge on any atom is -0.365 e. The number of nitrogens with two attached hydrogens (primary N) is 1. The van der Waals surface area contributed by atoms with E-state index in [0.717, 1.165) is 33.8 Å². The average Bonchev–Trinajstić information content (AvgIpc) is 3.33. The number of benzene rings is 2. The van der Waals surface area contributed by atoms with E-state index in [4.69, 9.17) is 10.7 Å². The molecule has 0 aliphatic carbocycles. The van der Waals surface area contributed by atoms with E-state index in [1.54, 1.807) is 12.1 Å². The van der Waals surface area contributed by atoms with Gasteiger partial charge in [-0.2, -0.15) is 0 Å². The molecular weight excluding hydrogens is 372 g/mol. The Kier molecular flexibility index (Phi) is 4.67. The van der Waals surface area contributed by atoms with Gasteiger partial charge in [-0.05, 0) is 29.8 Å². The molecule has 0 saturated carbocycles. The van der Waals surface area contributed by atoms with Crippen LogP contribution in [-0.2, 0) is 7.05 Å². The van der Waals surface area contributed by atoms with Crippen molar-refractivity contribution in [2.45, 2.75) is 6.04 Å². The van der Waals surface area contributed by atoms with Crippen molar-refractivity contribution >= 4 is 34.2 Å². The second-order valence-corrected chi connectivity index (χ2v) is 7.45. The molecule has 0 saturated heterocycles. The van der Waals surface area contributed by atoms with E-state index in [0.29, 0.717) is 9.75 Å². The molecule has 0 radical (unpaired) electrons. The maximum absolute atomic E-state index is 12.9. The van der Waals surface area contributed by atoms with Gasteiger partial charge in [0.05, 0.1) is 20.8 Å². The lowest BCUT2D eigenvalue weighted by atomic mass is 10.1. The van der Waals surface area contributed by atoms with Gasteiger partial charge in [-0.1, -0.05) is 42.5 Å². The summed E-state index contributed by atoms with van der Waals surface area (Å²) in [5.74, 6) is -0.0927. The van der Waals surface area contributed by atoms with Gasteiger partial charge in [0.15, 0.2) is 0 Å². The van der Waals surface area contributed by atoms with E-state index < -0.39 is 11.9 Å². The predicted molar refractivity (Wildman–Crippen MR) is 109 cm³/mol. The molecule has 0 fully saturated rings. The molecule has 1 atom stereocenters. The van der Waals surface area contributed by atoms with E-state index in [2.05, 4.69) is 5.32 Å². The second-order valence-electron chi connectivity index (χ2n) is 6.36. The molecule has 2 aromatic heterocycles. The first-order chi connectivity index (χ1) is 13.5. The number of rotatable bonds is 5. The monoisotopic (exact) mass is 390 g/mol. The fourth-order valence-electron chi connectivity index (χ4n) is 3.16. The molecule has 0 aliphatic heterocycles. The third-order valence-electron chi connectivity index (χ3n) is 4.56. The van der Waals surface area contributed by atoms with E-state index in [-0.39, 0.29) is 5.91 Å². The molecule has 6 nitrogen and oxygen atoms in total. The molecule has 0 aliphatic rings. The zero-order chi connectivity index (χ0) is 19.7. The highest BCUT2D eigenvalue weighted by molar-refractivity contribution is 7.15. The fraction of sp³-hybridized carbons (Fsp3) is 0.0952. The predicted octanol–water partition coefficient (Wildman–Crippen LogP) is 3.25. The number of imidazole rings is 1. The third kappa shape index (κ3) is 3.27. The largest absolute Gasteiger partial charge is 0.365 e. The summed E-state index contributed by atoms with van der Waals surface area (Å²) in [6.45, 7) is 0. The summed E-state index contributed by atoms with van der Waals surface area (Å²) in [4.78, 5) is 29.7. The lowest BCUT2D eigenvalue weighted by Crippen LogP contribution is -2.30. The number of aromatic nitrogens is 2. The standard InChI is InChI=1S/C21H18N4O2S/c1-25-15-10-6-5-9-14(15)23-20(25)18(13-7-3-2-4-8-13)24-21(27)17-12-11-16(28-17)19(22)26/h2-12,18H,1H3,(H2,22,26)(H,24,27)/t18-/m1/s1. The van der Waals surface area contributed by atoms with Gasteiger partial charge in [0.1, 0.15) is 11.9 Å². The first-order valence-corrected chi connectivity index (χ1v) is 9.53. The normalized spacial score (nSPS) is 12.0. The molecular formula is C21H18N4O2S. The highest BCUT2D eigenvalue weighted by Crippen LogP contribution is 2.26. The molecule has 0 bridgehead atoms. The molecule has 28 heavy (non-hydrogen) atoms. The zero-order valence-electron chi connectivity index (χ0n) is 15.1. The zero-order valence-corrected chi connectivity index (χ0v) is 15.9. The van der Waals surface area contributed by atoms with Crippen molar-refractivity contribution in [1.82, 2.24) is 14.9 Å². The number of aryl methyl sites for hydroxylation is 1. The van der Waals surface area contributed by atoms with Crippen molar-refractivity contribution in [3.05, 3.63) is 87.9 Å². The molecule has 4 aromatic rings. The Morgan fingerprint density at radius 2 is 1.68 bits per heavy atom. The minimum atomic E-state index is -0.543. The fourth-order valence-corrected chi connectivity index (χ4v) is 3.92. The lowest BCUT2D eigenvalue weighted by Gasteiger charge is -2.19. The smallest absolute Gasteiger partial charge is 0.262 e. The second kappa shape index (κ2) is 7.28. The lowest BCUT2D eigenvalue weighted by molar-refractivity contribution is 0.0944. The van der Waals surface area contributed by atoms with Crippen LogP contribution < -0.4 is 11.1 Å². The Morgan fingerprint density at radius 3 is 2.36 bits per heavy atom. The molecule has 2 aromatic carbocycles. The van der Waals surface area contributed by atoms with E-state index >= 15 is 0 Å². The summed E-state index contributed by atoms with van der Waals surface area (Å²) in [5.41, 5.74) is 8.07. The first kappa shape index (κ1) is 17.9. The van der Waals surface area contributed by atoms with Crippen molar-refractivity contribution < 1.29 is 9.59 Å². The van der Waals surface area contributed by atoms with Gasteiger partial charge in [0.2, 0.25) is 0 Å². The minimum absolute atomic E-state index is 0.279. The molecule has 0 unspecified atom stereocenters. The molecule has 0 spiro atoms. The van der Waals surface area contributed by atoms with Gasteiger partial charge in [-0.25, -0.2) is 4.98 Å². The number of carbonyl (C=O) groups excluding carboxylic acids is 2. The Hall–Kier alpha value is -3.45. The van der Waals surface area contributed by atoms with Gasteiger partial charge in [-0.3, -0.25) is 9.59 Å². The highest BCUT2D eigenvalue weighted by atomic mass is 32.1. The molecule has 2 amide bonds. The molecule has 2 heterocycles. The molecule has 3 N–H and O–H groups in total. The summed E-state index contributed by atoms with van der Waals surface area (Å²) in [7, 11) is 1.93. The number of hydrogen-bond acceptors (Lipinski definition) is 4. The number of nitrogens with one attached hydrogen (secondary N) is 1. The number of carbonyl (C=O) groups is 2. The number of hydrogen-bond donors (Lipinski definition) is 2. The SMILES string of the molecule is Cn1c([C@H](NC(=O)c2ccc(C(N)=O)s2)c2ccccc2)nc2ccccc21. The summed E-state index contributed by atoms with van der Waals surface area (Å²) in [6, 6.07) is 20.2. The van der Waals surface area contributed by atoms with Crippen molar-refractivity contribution in [2.75, 3.05) is 0 Å². The van der Waals surface area contributed by atoms with Gasteiger partial charge >= 0.3 is 0 Å². The van der Waals surface area contributed by atoms with Crippen LogP contribution in [0.5, 0.6) is 0 Å². The Bertz CT molecular complexity index is 1160. The summed E-state index contributed by atoms with van der Waals surface area (Å²) in [6.07, 6.45) is 0. The quantitative estimate of drug-likeness (QED) is 0.548. The maximum Gasteiger partial charge on any atom is 0.262 e. The van der Waals surface area contributed by atoms with Crippen LogP contribution in [0.15, 0.2) is 66.7 Å². The topological polar surface area (TPSA) is 90.0 Å². The van der Waals surface area contributed by atoms with Crippen molar-refractivity contribution in [2.24, 2.45) is 12.8 Å². The Balaban J connectivity index is 1.74. The Labute approximate surface area is 165 Å². The molecule has 7 heteroatoms. The van der Waals surface area contributed by atoms with Crippen LogP contribution in [0.4, 0.5) is 0 Å². The van der Waals surface area contributed by atoms with Gasteiger partial charge in [0.25, 0.3) is 11.8 Å². The van der Waals surface area contributed by atoms with Crippen LogP contribution in [0.1, 0.15) is 36.8 Å². The number of thiophene rings is 1. The van der Waals surface area contributed by atoms with Gasteiger partial charge in [0, 0.05) is 7.05 Å². The summed E-state index contributed by atoms with van der Waals surface area (Å²) in [5, 5.41) is 3.06. The van der Waals surface area contributed by atoms with Crippen LogP contribution >= 0.6 is 11.3 Å². The number of primary amides is 1. The third-order valence-corrected chi connectivity index (χ3v) is 5.66. The molecule has 4 rings (SSSR count). The van der Waals surface area contributed by atoms with Gasteiger partial charge < -0.3 is 15.6 Å². The van der Waals surface area contributed by atoms with Crippen LogP contribution in [0.2, 0.25) is 0 Å². The van der Waals surface area contributed by atoms with Crippen LogP contribution in [0, 0.1) is 0 Å². The van der Waals surface area contributed by atoms with Crippen molar-refractivity contribution in [3.63, 3.8) is 0 Å². The van der Waals surface area contributed by atoms with Crippen LogP contribution in [0.25, 0.3) is 11.0 Å². The van der Waals surface area contributed by atoms with E-state index in [1.165, 1.54) is 0 Å². The first-order valence-electron chi connectivity index (χ1n) is 8.71. The van der Waals surface area contributed by atoms with Crippen LogP contribution in [0.3, 0.4) is 0 Å². The Morgan fingerprint density at radius 1 is 1.00 bits per heavy atom. The van der Waals surface area contributed by atoms with Crippen molar-refractivity contribution in [3.8, 4) is 0 Å². The van der Waals surface area contributed by atoms with E-state index in [9.17, 15) is 9.59 Å².